The number of carbonyl (C=O) groups is 3. The zero-order chi connectivity index (χ0) is 34.7. The second-order valence-electron chi connectivity index (χ2n) is 12.5. The first-order valence-electron chi connectivity index (χ1n) is 19.1. The van der Waals surface area contributed by atoms with E-state index in [1.165, 1.54) is 135 Å². The van der Waals surface area contributed by atoms with Gasteiger partial charge in [0.2, 0.25) is 0 Å². The van der Waals surface area contributed by atoms with Gasteiger partial charge in [0.15, 0.2) is 0 Å². The molecule has 0 amide bonds. The second kappa shape index (κ2) is 53.6. The summed E-state index contributed by atoms with van der Waals surface area (Å²) in [5.41, 5.74) is 0. The Labute approximate surface area is 301 Å². The van der Waals surface area contributed by atoms with E-state index in [-0.39, 0.29) is 21.7 Å². The number of aliphatic carboxylic acids is 3. The van der Waals surface area contributed by atoms with Gasteiger partial charge in [0.05, 0.1) is 0 Å². The molecule has 0 spiro atoms. The molecule has 0 saturated carbocycles. The molecule has 276 valence electrons. The molecule has 46 heavy (non-hydrogen) atoms. The molecule has 0 bridgehead atoms. The Balaban J connectivity index is -0.000000173. The van der Waals surface area contributed by atoms with E-state index in [9.17, 15) is 14.4 Å². The van der Waals surface area contributed by atoms with Crippen molar-refractivity contribution < 1.29 is 51.4 Å². The second-order valence-corrected chi connectivity index (χ2v) is 12.5. The predicted molar refractivity (Wildman–Crippen MR) is 194 cm³/mol. The number of carboxylic acid groups (broad SMARTS) is 3. The maximum Gasteiger partial charge on any atom is 0.303 e. The summed E-state index contributed by atoms with van der Waals surface area (Å²) in [7, 11) is 0. The van der Waals surface area contributed by atoms with Gasteiger partial charge in [-0.25, -0.2) is 0 Å². The Bertz CT molecular complexity index is 495. The van der Waals surface area contributed by atoms with E-state index in [2.05, 4.69) is 20.8 Å². The molecule has 0 rings (SSSR count). The van der Waals surface area contributed by atoms with Crippen molar-refractivity contribution in [1.82, 2.24) is 0 Å². The Morgan fingerprint density at radius 3 is 0.609 bits per heavy atom. The van der Waals surface area contributed by atoms with Crippen molar-refractivity contribution in [2.45, 2.75) is 227 Å². The molecule has 0 aliphatic rings. The summed E-state index contributed by atoms with van der Waals surface area (Å²) < 4.78 is 0. The smallest absolute Gasteiger partial charge is 0.303 e. The molecule has 0 heterocycles. The Morgan fingerprint density at radius 1 is 0.348 bits per heavy atom. The van der Waals surface area contributed by atoms with Crippen LogP contribution in [0.15, 0.2) is 0 Å². The minimum atomic E-state index is -0.659. The van der Waals surface area contributed by atoms with E-state index in [0.717, 1.165) is 38.5 Å². The van der Waals surface area contributed by atoms with E-state index in [4.69, 9.17) is 15.3 Å². The summed E-state index contributed by atoms with van der Waals surface area (Å²) in [6.45, 7) is 10.7. The average Bonchev–Trinajstić information content (AvgIpc) is 2.99. The fourth-order valence-corrected chi connectivity index (χ4v) is 4.76. The molecule has 0 radical (unpaired) electrons. The van der Waals surface area contributed by atoms with Crippen LogP contribution in [0.25, 0.3) is 0 Å². The molecule has 0 fully saturated rings. The van der Waals surface area contributed by atoms with Crippen molar-refractivity contribution in [2.24, 2.45) is 0 Å². The fourth-order valence-electron chi connectivity index (χ4n) is 4.76. The third kappa shape index (κ3) is 74.2. The minimum absolute atomic E-state index is 0. The maximum atomic E-state index is 10.2. The average molecular weight is 692 g/mol. The van der Waals surface area contributed by atoms with Gasteiger partial charge in [-0.2, -0.15) is 13.8 Å². The fraction of sp³-hybridized carbons (Fsp3) is 0.897. The van der Waals surface area contributed by atoms with Crippen LogP contribution in [0.4, 0.5) is 0 Å². The van der Waals surface area contributed by atoms with E-state index < -0.39 is 17.9 Å². The molecule has 0 saturated heterocycles. The van der Waals surface area contributed by atoms with Gasteiger partial charge >= 0.3 is 17.9 Å². The van der Waals surface area contributed by atoms with E-state index in [0.29, 0.717) is 19.3 Å². The summed E-state index contributed by atoms with van der Waals surface area (Å²) in [5, 5.41) is 25.2. The monoisotopic (exact) mass is 692 g/mol. The number of carboxylic acids is 3. The van der Waals surface area contributed by atoms with Gasteiger partial charge in [0, 0.05) is 41.0 Å². The van der Waals surface area contributed by atoms with Crippen molar-refractivity contribution >= 4 is 17.9 Å². The topological polar surface area (TPSA) is 112 Å². The minimum Gasteiger partial charge on any atom is -0.481 e. The van der Waals surface area contributed by atoms with Crippen LogP contribution < -0.4 is 0 Å². The van der Waals surface area contributed by atoms with Gasteiger partial charge in [0.1, 0.15) is 0 Å². The number of rotatable bonds is 30. The largest absolute Gasteiger partial charge is 0.481 e. The van der Waals surface area contributed by atoms with Gasteiger partial charge in [0.25, 0.3) is 0 Å². The van der Waals surface area contributed by atoms with Crippen LogP contribution in [0.2, 0.25) is 0 Å². The summed E-state index contributed by atoms with van der Waals surface area (Å²) in [5.74, 6) is -1.98. The quantitative estimate of drug-likeness (QED) is 0.0393. The molecule has 0 aliphatic heterocycles. The van der Waals surface area contributed by atoms with Crippen LogP contribution in [0.5, 0.6) is 0 Å². The summed E-state index contributed by atoms with van der Waals surface area (Å²) in [4.78, 5) is 30.6. The molecule has 0 aromatic carbocycles. The molecule has 0 aliphatic carbocycles. The Kier molecular flexibility index (Phi) is 63.6. The predicted octanol–water partition coefficient (Wildman–Crippen LogP) is 13.2. The van der Waals surface area contributed by atoms with Gasteiger partial charge in [-0.15, -0.1) is 0 Å². The number of hydrogen-bond acceptors (Lipinski definition) is 3. The van der Waals surface area contributed by atoms with E-state index >= 15 is 0 Å². The molecule has 7 heteroatoms. The third-order valence-electron chi connectivity index (χ3n) is 7.48. The first kappa shape index (κ1) is 54.6. The van der Waals surface area contributed by atoms with Crippen LogP contribution in [0.1, 0.15) is 227 Å². The van der Waals surface area contributed by atoms with E-state index in [1.807, 2.05) is 20.3 Å². The molecule has 0 aromatic heterocycles. The molecule has 6 nitrogen and oxygen atoms in total. The van der Waals surface area contributed by atoms with Gasteiger partial charge in [-0.05, 0) is 19.3 Å². The number of hydrogen-bond donors (Lipinski definition) is 3. The molecule has 0 unspecified atom stereocenters. The normalized spacial score (nSPS) is 9.85. The van der Waals surface area contributed by atoms with Crippen LogP contribution >= 0.6 is 0 Å². The van der Waals surface area contributed by atoms with Crippen molar-refractivity contribution in [1.29, 1.82) is 0 Å². The number of unbranched alkanes of at least 4 members (excludes halogenated alkanes) is 24. The van der Waals surface area contributed by atoms with Crippen molar-refractivity contribution in [3.63, 3.8) is 0 Å². The third-order valence-corrected chi connectivity index (χ3v) is 7.48. The zero-order valence-electron chi connectivity index (χ0n) is 31.4. The molecular weight excluding hydrogens is 612 g/mol. The maximum absolute atomic E-state index is 10.2. The van der Waals surface area contributed by atoms with Crippen LogP contribution in [-0.2, 0) is 36.1 Å². The Morgan fingerprint density at radius 2 is 0.478 bits per heavy atom. The summed E-state index contributed by atoms with van der Waals surface area (Å²) in [6.07, 6.45) is 36.4. The van der Waals surface area contributed by atoms with Gasteiger partial charge in [-0.3, -0.25) is 14.4 Å². The zero-order valence-corrected chi connectivity index (χ0v) is 32.9. The van der Waals surface area contributed by atoms with Crippen molar-refractivity contribution in [3.05, 3.63) is 6.42 Å². The van der Waals surface area contributed by atoms with Crippen molar-refractivity contribution in [3.8, 4) is 0 Å². The summed E-state index contributed by atoms with van der Waals surface area (Å²) >= 11 is 0. The molecule has 3 N–H and O–H groups in total. The van der Waals surface area contributed by atoms with Gasteiger partial charge < -0.3 is 21.7 Å². The molecule has 0 atom stereocenters. The van der Waals surface area contributed by atoms with Crippen LogP contribution in [-0.4, -0.2) is 33.2 Å². The Hall–Kier alpha value is -0.876. The first-order valence-corrected chi connectivity index (χ1v) is 19.1. The SMILES string of the molecule is CCCCCCCCCCCC(=O)O.CCCCCCCCCCCC(=O)O.CCCCCCCCCCCC(=O)O.C[CH-]C.[Ti]. The molecular formula is C39H79O6Ti-. The van der Waals surface area contributed by atoms with Crippen LogP contribution in [0.3, 0.4) is 0 Å². The first-order chi connectivity index (χ1) is 21.7. The van der Waals surface area contributed by atoms with Crippen LogP contribution in [0, 0.1) is 6.42 Å². The summed E-state index contributed by atoms with van der Waals surface area (Å²) in [6, 6.07) is 0. The van der Waals surface area contributed by atoms with Crippen molar-refractivity contribution in [2.75, 3.05) is 0 Å². The standard InChI is InChI=1S/3C12H24O2.C3H7.Ti/c3*1-2-3-4-5-6-7-8-9-10-11-12(13)14;1-3-2;/h3*2-11H2,1H3,(H,13,14);3H,1-2H3;/q;;;-1;. The molecule has 0 aromatic rings. The van der Waals surface area contributed by atoms with Gasteiger partial charge in [-0.1, -0.05) is 175 Å². The van der Waals surface area contributed by atoms with E-state index in [1.54, 1.807) is 0 Å².